The molecule has 1 fully saturated rings. The number of hydrogen-bond donors (Lipinski definition) is 2. The summed E-state index contributed by atoms with van der Waals surface area (Å²) in [5.74, 6) is -1.26. The Morgan fingerprint density at radius 3 is 2.94 bits per heavy atom. The van der Waals surface area contributed by atoms with Crippen molar-refractivity contribution in [2.45, 2.75) is 6.42 Å². The quantitative estimate of drug-likeness (QED) is 0.783. The first-order valence-corrected chi connectivity index (χ1v) is 5.88. The first-order chi connectivity index (χ1) is 8.68. The average Bonchev–Trinajstić information content (AvgIpc) is 2.67. The minimum Gasteiger partial charge on any atom is -0.477 e. The van der Waals surface area contributed by atoms with E-state index in [0.29, 0.717) is 18.7 Å². The molecule has 2 N–H and O–H groups in total. The molecule has 18 heavy (non-hydrogen) atoms. The van der Waals surface area contributed by atoms with E-state index in [4.69, 9.17) is 5.11 Å². The number of pyridine rings is 1. The molecule has 1 aliphatic heterocycles. The fourth-order valence-corrected chi connectivity index (χ4v) is 1.91. The highest BCUT2D eigenvalue weighted by Crippen LogP contribution is 2.08. The Balaban J connectivity index is 2.16. The van der Waals surface area contributed by atoms with Crippen LogP contribution >= 0.6 is 0 Å². The Labute approximate surface area is 105 Å². The zero-order chi connectivity index (χ0) is 13.0. The maximum absolute atomic E-state index is 12.2. The lowest BCUT2D eigenvalue weighted by Gasteiger charge is -2.19. The molecule has 0 unspecified atom stereocenters. The van der Waals surface area contributed by atoms with E-state index in [9.17, 15) is 9.59 Å². The maximum Gasteiger partial charge on any atom is 0.354 e. The topological polar surface area (TPSA) is 82.5 Å². The smallest absolute Gasteiger partial charge is 0.354 e. The van der Waals surface area contributed by atoms with Crippen molar-refractivity contribution in [1.29, 1.82) is 0 Å². The number of carboxylic acids is 1. The van der Waals surface area contributed by atoms with Crippen LogP contribution in [0.2, 0.25) is 0 Å². The highest BCUT2D eigenvalue weighted by Gasteiger charge is 2.18. The predicted octanol–water partition coefficient (Wildman–Crippen LogP) is 0.215. The molecule has 0 spiro atoms. The summed E-state index contributed by atoms with van der Waals surface area (Å²) in [5, 5.41) is 12.1. The summed E-state index contributed by atoms with van der Waals surface area (Å²) in [6.07, 6.45) is 2.26. The second-order valence-electron chi connectivity index (χ2n) is 4.13. The van der Waals surface area contributed by atoms with Crippen LogP contribution in [0.3, 0.4) is 0 Å². The molecule has 0 atom stereocenters. The third kappa shape index (κ3) is 2.84. The van der Waals surface area contributed by atoms with Gasteiger partial charge in [-0.25, -0.2) is 9.78 Å². The number of aromatic carboxylic acids is 1. The van der Waals surface area contributed by atoms with Gasteiger partial charge in [0, 0.05) is 31.4 Å². The fraction of sp³-hybridized carbons (Fsp3) is 0.417. The van der Waals surface area contributed by atoms with Crippen molar-refractivity contribution < 1.29 is 14.7 Å². The summed E-state index contributed by atoms with van der Waals surface area (Å²) < 4.78 is 0. The maximum atomic E-state index is 12.2. The molecule has 0 radical (unpaired) electrons. The van der Waals surface area contributed by atoms with Gasteiger partial charge in [0.15, 0.2) is 0 Å². The van der Waals surface area contributed by atoms with Gasteiger partial charge in [0.25, 0.3) is 5.91 Å². The zero-order valence-corrected chi connectivity index (χ0v) is 9.93. The van der Waals surface area contributed by atoms with Crippen molar-refractivity contribution in [3.8, 4) is 0 Å². The number of amides is 1. The molecule has 2 rings (SSSR count). The van der Waals surface area contributed by atoms with Gasteiger partial charge >= 0.3 is 5.97 Å². The lowest BCUT2D eigenvalue weighted by atomic mass is 10.2. The van der Waals surface area contributed by atoms with Gasteiger partial charge in [-0.2, -0.15) is 0 Å². The van der Waals surface area contributed by atoms with E-state index in [1.807, 2.05) is 0 Å². The minimum atomic E-state index is -1.12. The minimum absolute atomic E-state index is 0.103. The third-order valence-electron chi connectivity index (χ3n) is 2.85. The second kappa shape index (κ2) is 5.59. The molecular formula is C12H15N3O3. The molecule has 0 aromatic carbocycles. The highest BCUT2D eigenvalue weighted by molar-refractivity contribution is 5.96. The molecular weight excluding hydrogens is 234 g/mol. The van der Waals surface area contributed by atoms with Crippen molar-refractivity contribution in [3.05, 3.63) is 29.6 Å². The Morgan fingerprint density at radius 1 is 1.33 bits per heavy atom. The number of aromatic nitrogens is 1. The molecule has 6 heteroatoms. The Hall–Kier alpha value is -1.95. The van der Waals surface area contributed by atoms with Crippen LogP contribution in [-0.2, 0) is 0 Å². The first kappa shape index (κ1) is 12.5. The van der Waals surface area contributed by atoms with E-state index in [1.165, 1.54) is 12.3 Å². The van der Waals surface area contributed by atoms with Crippen LogP contribution in [0, 0.1) is 0 Å². The summed E-state index contributed by atoms with van der Waals surface area (Å²) in [7, 11) is 0. The molecule has 0 aliphatic carbocycles. The van der Waals surface area contributed by atoms with Gasteiger partial charge in [0.1, 0.15) is 5.69 Å². The SMILES string of the molecule is O=C(O)c1cc(C(=O)N2CCCNCC2)ccn1. The third-order valence-corrected chi connectivity index (χ3v) is 2.85. The van der Waals surface area contributed by atoms with Gasteiger partial charge in [-0.05, 0) is 25.1 Å². The molecule has 1 aromatic heterocycles. The highest BCUT2D eigenvalue weighted by atomic mass is 16.4. The number of nitrogens with one attached hydrogen (secondary N) is 1. The Kier molecular flexibility index (Phi) is 3.88. The number of carbonyl (C=O) groups is 2. The van der Waals surface area contributed by atoms with E-state index in [0.717, 1.165) is 19.5 Å². The number of rotatable bonds is 2. The predicted molar refractivity (Wildman–Crippen MR) is 64.6 cm³/mol. The van der Waals surface area contributed by atoms with Gasteiger partial charge in [0.2, 0.25) is 0 Å². The number of nitrogens with zero attached hydrogens (tertiary/aromatic N) is 2. The van der Waals surface area contributed by atoms with Gasteiger partial charge < -0.3 is 15.3 Å². The first-order valence-electron chi connectivity index (χ1n) is 5.88. The van der Waals surface area contributed by atoms with E-state index >= 15 is 0 Å². The van der Waals surface area contributed by atoms with E-state index in [2.05, 4.69) is 10.3 Å². The summed E-state index contributed by atoms with van der Waals surface area (Å²) >= 11 is 0. The molecule has 6 nitrogen and oxygen atoms in total. The Bertz CT molecular complexity index is 454. The van der Waals surface area contributed by atoms with Crippen LogP contribution in [0.15, 0.2) is 18.3 Å². The summed E-state index contributed by atoms with van der Waals surface area (Å²) in [4.78, 5) is 28.5. The van der Waals surface area contributed by atoms with Gasteiger partial charge in [-0.3, -0.25) is 4.79 Å². The molecule has 1 aromatic rings. The molecule has 1 amide bonds. The van der Waals surface area contributed by atoms with Crippen molar-refractivity contribution >= 4 is 11.9 Å². The summed E-state index contributed by atoms with van der Waals surface area (Å²) in [6.45, 7) is 3.00. The molecule has 0 bridgehead atoms. The van der Waals surface area contributed by atoms with Gasteiger partial charge in [0.05, 0.1) is 0 Å². The van der Waals surface area contributed by atoms with Gasteiger partial charge in [-0.1, -0.05) is 0 Å². The van der Waals surface area contributed by atoms with E-state index in [1.54, 1.807) is 11.0 Å². The normalized spacial score (nSPS) is 16.1. The van der Waals surface area contributed by atoms with Crippen LogP contribution in [0.4, 0.5) is 0 Å². The van der Waals surface area contributed by atoms with Crippen LogP contribution in [0.25, 0.3) is 0 Å². The number of hydrogen-bond acceptors (Lipinski definition) is 4. The van der Waals surface area contributed by atoms with Gasteiger partial charge in [-0.15, -0.1) is 0 Å². The van der Waals surface area contributed by atoms with Crippen molar-refractivity contribution in [1.82, 2.24) is 15.2 Å². The average molecular weight is 249 g/mol. The van der Waals surface area contributed by atoms with Crippen LogP contribution < -0.4 is 5.32 Å². The molecule has 0 saturated carbocycles. The lowest BCUT2D eigenvalue weighted by molar-refractivity contribution is 0.0690. The number of carboxylic acid groups (broad SMARTS) is 1. The zero-order valence-electron chi connectivity index (χ0n) is 9.93. The van der Waals surface area contributed by atoms with E-state index < -0.39 is 5.97 Å². The molecule has 1 saturated heterocycles. The Morgan fingerprint density at radius 2 is 2.17 bits per heavy atom. The molecule has 96 valence electrons. The van der Waals surface area contributed by atoms with Crippen molar-refractivity contribution in [2.24, 2.45) is 0 Å². The van der Waals surface area contributed by atoms with E-state index in [-0.39, 0.29) is 11.6 Å². The van der Waals surface area contributed by atoms with Crippen molar-refractivity contribution in [3.63, 3.8) is 0 Å². The van der Waals surface area contributed by atoms with Crippen molar-refractivity contribution in [2.75, 3.05) is 26.2 Å². The number of carbonyl (C=O) groups excluding carboxylic acids is 1. The fourth-order valence-electron chi connectivity index (χ4n) is 1.91. The second-order valence-corrected chi connectivity index (χ2v) is 4.13. The largest absolute Gasteiger partial charge is 0.477 e. The molecule has 1 aliphatic rings. The standard InChI is InChI=1S/C12H15N3O3/c16-11(15-6-1-3-13-5-7-15)9-2-4-14-10(8-9)12(17)18/h2,4,8,13H,1,3,5-7H2,(H,17,18). The lowest BCUT2D eigenvalue weighted by Crippen LogP contribution is -2.34. The van der Waals surface area contributed by atoms with Crippen LogP contribution in [-0.4, -0.2) is 53.0 Å². The summed E-state index contributed by atoms with van der Waals surface area (Å²) in [6, 6.07) is 2.87. The van der Waals surface area contributed by atoms with Crippen LogP contribution in [0.1, 0.15) is 27.3 Å². The van der Waals surface area contributed by atoms with Crippen LogP contribution in [0.5, 0.6) is 0 Å². The molecule has 2 heterocycles. The monoisotopic (exact) mass is 249 g/mol. The summed E-state index contributed by atoms with van der Waals surface area (Å²) in [5.41, 5.74) is 0.276.